The molecule has 2 aromatic carbocycles. The minimum atomic E-state index is -0.313. The molecule has 0 atom stereocenters. The van der Waals surface area contributed by atoms with Crippen LogP contribution in [0.5, 0.6) is 0 Å². The Morgan fingerprint density at radius 3 is 2.46 bits per heavy atom. The summed E-state index contributed by atoms with van der Waals surface area (Å²) in [5.74, 6) is 0. The molecule has 26 heavy (non-hydrogen) atoms. The molecule has 0 aromatic heterocycles. The average Bonchev–Trinajstić information content (AvgIpc) is 2.67. The van der Waals surface area contributed by atoms with Gasteiger partial charge in [-0.25, -0.2) is 5.21 Å². The van der Waals surface area contributed by atoms with Crippen molar-refractivity contribution in [2.24, 2.45) is 10.2 Å². The summed E-state index contributed by atoms with van der Waals surface area (Å²) in [4.78, 5) is 12.6. The van der Waals surface area contributed by atoms with Gasteiger partial charge in [-0.05, 0) is 37.3 Å². The first-order chi connectivity index (χ1) is 12.6. The quantitative estimate of drug-likeness (QED) is 0.583. The number of hydrogen-bond donors (Lipinski definition) is 1. The van der Waals surface area contributed by atoms with E-state index < -0.39 is 0 Å². The molecule has 0 fully saturated rings. The van der Waals surface area contributed by atoms with Crippen LogP contribution in [-0.2, 0) is 0 Å². The summed E-state index contributed by atoms with van der Waals surface area (Å²) >= 11 is 0. The van der Waals surface area contributed by atoms with Crippen LogP contribution in [0.3, 0.4) is 0 Å². The van der Waals surface area contributed by atoms with E-state index in [4.69, 9.17) is 15.7 Å². The van der Waals surface area contributed by atoms with Gasteiger partial charge in [0.2, 0.25) is 0 Å². The lowest BCUT2D eigenvalue weighted by Crippen LogP contribution is -2.23. The van der Waals surface area contributed by atoms with Gasteiger partial charge in [0.15, 0.2) is 0 Å². The van der Waals surface area contributed by atoms with Gasteiger partial charge in [0.05, 0.1) is 28.6 Å². The van der Waals surface area contributed by atoms with Crippen molar-refractivity contribution in [3.05, 3.63) is 52.9 Å². The Morgan fingerprint density at radius 2 is 1.88 bits per heavy atom. The zero-order chi connectivity index (χ0) is 18.9. The van der Waals surface area contributed by atoms with Crippen LogP contribution in [0.4, 0.5) is 22.7 Å². The van der Waals surface area contributed by atoms with Crippen LogP contribution in [-0.4, -0.2) is 23.2 Å². The van der Waals surface area contributed by atoms with Crippen LogP contribution in [0, 0.1) is 27.6 Å². The Balaban J connectivity index is 2.17. The molecule has 0 saturated heterocycles. The monoisotopic (exact) mass is 349 g/mol. The number of rotatable bonds is 7. The lowest BCUT2D eigenvalue weighted by Gasteiger charge is -2.21. The van der Waals surface area contributed by atoms with Gasteiger partial charge in [-0.15, -0.1) is 5.11 Å². The molecular weight excluding hydrogens is 332 g/mol. The molecule has 1 N–H and O–H groups in total. The van der Waals surface area contributed by atoms with Gasteiger partial charge >= 0.3 is 5.69 Å². The van der Waals surface area contributed by atoms with Gasteiger partial charge in [-0.2, -0.15) is 15.6 Å². The van der Waals surface area contributed by atoms with Crippen LogP contribution in [0.15, 0.2) is 52.7 Å². The Labute approximate surface area is 150 Å². The van der Waals surface area contributed by atoms with Crippen molar-refractivity contribution in [1.29, 1.82) is 10.5 Å². The highest BCUT2D eigenvalue weighted by atomic mass is 16.6. The summed E-state index contributed by atoms with van der Waals surface area (Å²) in [5.41, 5.74) is 1.97. The molecule has 0 saturated carbocycles. The zero-order valence-corrected chi connectivity index (χ0v) is 14.2. The molecule has 0 aliphatic rings. The van der Waals surface area contributed by atoms with Gasteiger partial charge in [0, 0.05) is 30.9 Å². The standard InChI is InChI=1S/C18H17N6O2/c1-2-23(11-3-10-19)16-6-4-15(5-7-16)21-22-18-9-8-17(24(25)26)12-14(18)13-20/h4-9,12H,2-3,11H2,1H3,(H,25,26)/q+1/b22-21+. The molecule has 0 aliphatic carbocycles. The maximum atomic E-state index is 10.9. The summed E-state index contributed by atoms with van der Waals surface area (Å²) in [6.45, 7) is 3.48. The lowest BCUT2D eigenvalue weighted by molar-refractivity contribution is -0.729. The second-order valence-corrected chi connectivity index (χ2v) is 5.29. The Morgan fingerprint density at radius 1 is 1.15 bits per heavy atom. The van der Waals surface area contributed by atoms with Crippen molar-refractivity contribution in [2.75, 3.05) is 18.0 Å². The predicted octanol–water partition coefficient (Wildman–Crippen LogP) is 4.51. The highest BCUT2D eigenvalue weighted by Crippen LogP contribution is 2.26. The average molecular weight is 349 g/mol. The first-order valence-corrected chi connectivity index (χ1v) is 7.93. The van der Waals surface area contributed by atoms with E-state index in [1.54, 1.807) is 12.1 Å². The zero-order valence-electron chi connectivity index (χ0n) is 14.2. The number of nitriles is 2. The van der Waals surface area contributed by atoms with Crippen molar-refractivity contribution in [3.63, 3.8) is 0 Å². The number of nitrogens with zero attached hydrogens (tertiary/aromatic N) is 6. The molecule has 0 aliphatic heterocycles. The first kappa shape index (κ1) is 18.6. The molecule has 8 heteroatoms. The fourth-order valence-electron chi connectivity index (χ4n) is 2.32. The van der Waals surface area contributed by atoms with Crippen LogP contribution >= 0.6 is 0 Å². The summed E-state index contributed by atoms with van der Waals surface area (Å²) < 4.78 is 0. The van der Waals surface area contributed by atoms with Crippen molar-refractivity contribution in [2.45, 2.75) is 13.3 Å². The molecule has 130 valence electrons. The first-order valence-electron chi connectivity index (χ1n) is 7.93. The third-order valence-corrected chi connectivity index (χ3v) is 3.68. The molecular formula is C18H17N6O2+. The maximum absolute atomic E-state index is 10.9. The van der Waals surface area contributed by atoms with Gasteiger partial charge < -0.3 is 4.90 Å². The van der Waals surface area contributed by atoms with E-state index in [1.165, 1.54) is 18.2 Å². The third-order valence-electron chi connectivity index (χ3n) is 3.68. The van der Waals surface area contributed by atoms with Crippen molar-refractivity contribution < 1.29 is 10.1 Å². The topological polar surface area (TPSA) is 116 Å². The van der Waals surface area contributed by atoms with Gasteiger partial charge in [0.25, 0.3) is 4.92 Å². The van der Waals surface area contributed by atoms with Crippen LogP contribution in [0.1, 0.15) is 18.9 Å². The Bertz CT molecular complexity index is 893. The van der Waals surface area contributed by atoms with Crippen LogP contribution < -0.4 is 4.90 Å². The molecule has 8 nitrogen and oxygen atoms in total. The Hall–Kier alpha value is -3.78. The fourth-order valence-corrected chi connectivity index (χ4v) is 2.32. The largest absolute Gasteiger partial charge is 0.371 e. The van der Waals surface area contributed by atoms with E-state index in [0.29, 0.717) is 24.3 Å². The number of hydrogen-bond acceptors (Lipinski definition) is 6. The van der Waals surface area contributed by atoms with Crippen molar-refractivity contribution in [1.82, 2.24) is 0 Å². The molecule has 0 amide bonds. The number of anilines is 1. The van der Waals surface area contributed by atoms with E-state index in [1.807, 2.05) is 25.1 Å². The third kappa shape index (κ3) is 4.62. The summed E-state index contributed by atoms with van der Waals surface area (Å²) in [5, 5.41) is 34.9. The second-order valence-electron chi connectivity index (χ2n) is 5.29. The predicted molar refractivity (Wildman–Crippen MR) is 95.0 cm³/mol. The molecule has 2 aromatic rings. The molecule has 0 spiro atoms. The number of benzene rings is 2. The number of azo groups is 1. The molecule has 0 heterocycles. The summed E-state index contributed by atoms with van der Waals surface area (Å²) in [6.07, 6.45) is 0.455. The summed E-state index contributed by atoms with van der Waals surface area (Å²) in [7, 11) is 0. The molecule has 0 bridgehead atoms. The highest BCUT2D eigenvalue weighted by molar-refractivity contribution is 5.58. The highest BCUT2D eigenvalue weighted by Gasteiger charge is 2.14. The minimum absolute atomic E-state index is 0.0538. The maximum Gasteiger partial charge on any atom is 0.318 e. The van der Waals surface area contributed by atoms with Gasteiger partial charge in [0.1, 0.15) is 11.8 Å². The normalized spacial score (nSPS) is 10.3. The van der Waals surface area contributed by atoms with E-state index >= 15 is 0 Å². The Kier molecular flexibility index (Phi) is 6.35. The van der Waals surface area contributed by atoms with Crippen molar-refractivity contribution in [3.8, 4) is 12.1 Å². The van der Waals surface area contributed by atoms with Gasteiger partial charge in [-0.1, -0.05) is 0 Å². The lowest BCUT2D eigenvalue weighted by atomic mass is 10.2. The smallest absolute Gasteiger partial charge is 0.318 e. The van der Waals surface area contributed by atoms with Crippen LogP contribution in [0.25, 0.3) is 0 Å². The van der Waals surface area contributed by atoms with E-state index in [-0.39, 0.29) is 16.2 Å². The molecule has 2 rings (SSSR count). The molecule has 0 radical (unpaired) electrons. The van der Waals surface area contributed by atoms with Gasteiger partial charge in [-0.3, -0.25) is 0 Å². The second kappa shape index (κ2) is 8.90. The van der Waals surface area contributed by atoms with E-state index in [9.17, 15) is 4.91 Å². The SMILES string of the molecule is CCN(CCC#N)c1ccc(/N=N/c2ccc([N+](=O)O)cc2C#N)cc1. The minimum Gasteiger partial charge on any atom is -0.371 e. The summed E-state index contributed by atoms with van der Waals surface area (Å²) in [6, 6.07) is 15.4. The fraction of sp³-hybridized carbons (Fsp3) is 0.222. The molecule has 0 unspecified atom stereocenters. The van der Waals surface area contributed by atoms with E-state index in [2.05, 4.69) is 21.2 Å². The van der Waals surface area contributed by atoms with Crippen LogP contribution in [0.2, 0.25) is 0 Å². The van der Waals surface area contributed by atoms with Crippen molar-refractivity contribution >= 4 is 22.7 Å². The van der Waals surface area contributed by atoms with E-state index in [0.717, 1.165) is 12.2 Å².